The molecule has 0 bridgehead atoms. The van der Waals surface area contributed by atoms with Gasteiger partial charge in [0.15, 0.2) is 11.9 Å². The van der Waals surface area contributed by atoms with Gasteiger partial charge in [0.05, 0.1) is 5.39 Å². The first-order valence-electron chi connectivity index (χ1n) is 12.5. The van der Waals surface area contributed by atoms with Gasteiger partial charge in [0.2, 0.25) is 5.79 Å². The van der Waals surface area contributed by atoms with Crippen molar-refractivity contribution in [3.8, 4) is 5.75 Å². The molecule has 0 radical (unpaired) electrons. The van der Waals surface area contributed by atoms with Crippen LogP contribution in [0.1, 0.15) is 19.3 Å². The van der Waals surface area contributed by atoms with Crippen molar-refractivity contribution in [2.45, 2.75) is 49.0 Å². The zero-order valence-corrected chi connectivity index (χ0v) is 20.3. The molecule has 1 saturated heterocycles. The van der Waals surface area contributed by atoms with Gasteiger partial charge in [-0.2, -0.15) is 0 Å². The van der Waals surface area contributed by atoms with E-state index in [0.29, 0.717) is 18.4 Å². The summed E-state index contributed by atoms with van der Waals surface area (Å²) in [5, 5.41) is 51.5. The second-order valence-electron chi connectivity index (χ2n) is 10.4. The van der Waals surface area contributed by atoms with Gasteiger partial charge in [-0.15, -0.1) is 0 Å². The Morgan fingerprint density at radius 2 is 1.89 bits per heavy atom. The smallest absolute Gasteiger partial charge is 0.343 e. The Hall–Kier alpha value is -3.05. The number of H-pyrrole nitrogens is 1. The first-order chi connectivity index (χ1) is 17.7. The number of rotatable bonds is 5. The molecular weight excluding hydrogens is 476 g/mol. The zero-order valence-electron chi connectivity index (χ0n) is 20.3. The minimum atomic E-state index is -2.51. The predicted molar refractivity (Wildman–Crippen MR) is 137 cm³/mol. The van der Waals surface area contributed by atoms with Crippen LogP contribution in [-0.2, 0) is 9.53 Å². The van der Waals surface area contributed by atoms with Crippen LogP contribution in [0.5, 0.6) is 5.75 Å². The topological polar surface area (TPSA) is 144 Å². The Morgan fingerprint density at radius 3 is 2.65 bits per heavy atom. The average Bonchev–Trinajstić information content (AvgIpc) is 3.55. The van der Waals surface area contributed by atoms with Gasteiger partial charge in [-0.05, 0) is 78.5 Å². The highest BCUT2D eigenvalue weighted by atomic mass is 16.7. The zero-order chi connectivity index (χ0) is 25.9. The molecule has 1 aromatic heterocycles. The maximum Gasteiger partial charge on any atom is 0.343 e. The molecule has 6 rings (SSSR count). The van der Waals surface area contributed by atoms with Crippen LogP contribution in [0.2, 0.25) is 0 Å². The number of nitrogens with one attached hydrogen (secondary N) is 2. The van der Waals surface area contributed by atoms with Crippen LogP contribution in [0.4, 0.5) is 0 Å². The molecule has 37 heavy (non-hydrogen) atoms. The first kappa shape index (κ1) is 24.3. The Kier molecular flexibility index (Phi) is 5.76. The Balaban J connectivity index is 1.30. The van der Waals surface area contributed by atoms with E-state index in [0.717, 1.165) is 27.1 Å². The number of aromatic nitrogens is 1. The molecule has 2 heterocycles. The molecule has 0 amide bonds. The highest BCUT2D eigenvalue weighted by Gasteiger charge is 2.67. The fourth-order valence-corrected chi connectivity index (χ4v) is 6.08. The van der Waals surface area contributed by atoms with E-state index in [2.05, 4.69) is 16.4 Å². The first-order valence-corrected chi connectivity index (χ1v) is 12.5. The van der Waals surface area contributed by atoms with Crippen molar-refractivity contribution in [2.24, 2.45) is 5.92 Å². The van der Waals surface area contributed by atoms with Crippen LogP contribution in [0.25, 0.3) is 32.4 Å². The molecule has 0 unspecified atom stereocenters. The fraction of sp³-hybridized carbons (Fsp3) is 0.393. The number of hydrogen-bond acceptors (Lipinski definition) is 8. The lowest BCUT2D eigenvalue weighted by atomic mass is 9.85. The summed E-state index contributed by atoms with van der Waals surface area (Å²) in [6, 6.07) is 15.9. The third-order valence-electron chi connectivity index (χ3n) is 8.03. The SMILES string of the molecule is CNC[C@@H]1CC[C@](O)([C@]2(O)O[C@@H](C(=O)Oc3c[nH]c4ccc5cc6ccccc6cc5c34)[C@H](O)[C@H]2O)C1. The van der Waals surface area contributed by atoms with E-state index in [9.17, 15) is 25.2 Å². The summed E-state index contributed by atoms with van der Waals surface area (Å²) in [4.78, 5) is 16.3. The lowest BCUT2D eigenvalue weighted by Gasteiger charge is -2.39. The lowest BCUT2D eigenvalue weighted by Crippen LogP contribution is -2.60. The molecule has 1 aliphatic carbocycles. The molecule has 6 N–H and O–H groups in total. The molecule has 4 aromatic rings. The van der Waals surface area contributed by atoms with E-state index < -0.39 is 35.7 Å². The van der Waals surface area contributed by atoms with Gasteiger partial charge >= 0.3 is 5.97 Å². The van der Waals surface area contributed by atoms with Gasteiger partial charge in [-0.25, -0.2) is 4.79 Å². The van der Waals surface area contributed by atoms with Crippen molar-refractivity contribution >= 4 is 38.4 Å². The highest BCUT2D eigenvalue weighted by molar-refractivity contribution is 6.14. The van der Waals surface area contributed by atoms with Crippen LogP contribution in [0.15, 0.2) is 54.7 Å². The minimum absolute atomic E-state index is 0.0496. The van der Waals surface area contributed by atoms with Gasteiger partial charge < -0.3 is 40.2 Å². The molecule has 3 aromatic carbocycles. The number of aliphatic hydroxyl groups excluding tert-OH is 2. The van der Waals surface area contributed by atoms with E-state index >= 15 is 0 Å². The summed E-state index contributed by atoms with van der Waals surface area (Å²) in [5.41, 5.74) is -1.06. The largest absolute Gasteiger partial charge is 0.422 e. The minimum Gasteiger partial charge on any atom is -0.422 e. The number of aliphatic hydroxyl groups is 4. The number of carbonyl (C=O) groups is 1. The van der Waals surface area contributed by atoms with Gasteiger partial charge in [0.1, 0.15) is 17.8 Å². The molecule has 6 atom stereocenters. The number of esters is 1. The van der Waals surface area contributed by atoms with E-state index in [4.69, 9.17) is 9.47 Å². The maximum absolute atomic E-state index is 13.2. The number of carbonyl (C=O) groups excluding carboxylic acids is 1. The fourth-order valence-electron chi connectivity index (χ4n) is 6.08. The van der Waals surface area contributed by atoms with Crippen LogP contribution in [-0.4, -0.2) is 74.7 Å². The molecule has 194 valence electrons. The lowest BCUT2D eigenvalue weighted by molar-refractivity contribution is -0.313. The summed E-state index contributed by atoms with van der Waals surface area (Å²) < 4.78 is 11.2. The predicted octanol–water partition coefficient (Wildman–Crippen LogP) is 1.94. The van der Waals surface area contributed by atoms with Crippen molar-refractivity contribution in [1.29, 1.82) is 0 Å². The normalized spacial score (nSPS) is 32.0. The van der Waals surface area contributed by atoms with Crippen LogP contribution >= 0.6 is 0 Å². The molecule has 1 saturated carbocycles. The number of hydrogen-bond donors (Lipinski definition) is 6. The van der Waals surface area contributed by atoms with Gasteiger partial charge in [0.25, 0.3) is 0 Å². The standard InChI is InChI=1S/C28H30N2O7/c1-29-13-15-8-9-27(34,12-15)28(35)25(32)23(31)24(37-28)26(33)36-21-14-30-20-7-6-18-10-16-4-2-3-5-17(16)11-19(18)22(20)21/h2-7,10-11,14-15,23-25,29-32,34-35H,8-9,12-13H2,1H3/t15-,23+,24-,25-,27-,28-/m1/s1. The quantitative estimate of drug-likeness (QED) is 0.178. The van der Waals surface area contributed by atoms with E-state index in [1.807, 2.05) is 42.5 Å². The third kappa shape index (κ3) is 3.73. The average molecular weight is 507 g/mol. The van der Waals surface area contributed by atoms with Crippen molar-refractivity contribution in [3.05, 3.63) is 54.7 Å². The van der Waals surface area contributed by atoms with E-state index in [1.54, 1.807) is 13.2 Å². The Morgan fingerprint density at radius 1 is 1.14 bits per heavy atom. The second kappa shape index (κ2) is 8.76. The van der Waals surface area contributed by atoms with Crippen LogP contribution < -0.4 is 10.1 Å². The van der Waals surface area contributed by atoms with Gasteiger partial charge in [-0.3, -0.25) is 0 Å². The summed E-state index contributed by atoms with van der Waals surface area (Å²) in [5.74, 6) is -3.21. The Labute approximate surface area is 212 Å². The molecule has 9 nitrogen and oxygen atoms in total. The van der Waals surface area contributed by atoms with Crippen LogP contribution in [0.3, 0.4) is 0 Å². The van der Waals surface area contributed by atoms with Crippen LogP contribution in [0, 0.1) is 5.92 Å². The summed E-state index contributed by atoms with van der Waals surface area (Å²) in [6.07, 6.45) is -2.91. The van der Waals surface area contributed by atoms with Gasteiger partial charge in [0, 0.05) is 11.7 Å². The van der Waals surface area contributed by atoms with Gasteiger partial charge in [-0.1, -0.05) is 30.3 Å². The number of fused-ring (bicyclic) bond motifs is 4. The third-order valence-corrected chi connectivity index (χ3v) is 8.03. The molecule has 0 spiro atoms. The monoisotopic (exact) mass is 506 g/mol. The molecule has 1 aliphatic heterocycles. The maximum atomic E-state index is 13.2. The molecule has 2 aliphatic rings. The number of ether oxygens (including phenoxy) is 2. The van der Waals surface area contributed by atoms with Crippen molar-refractivity contribution in [3.63, 3.8) is 0 Å². The summed E-state index contributed by atoms with van der Waals surface area (Å²) in [6.45, 7) is 0.617. The summed E-state index contributed by atoms with van der Waals surface area (Å²) in [7, 11) is 1.79. The molecule has 9 heteroatoms. The van der Waals surface area contributed by atoms with E-state index in [-0.39, 0.29) is 24.5 Å². The second-order valence-corrected chi connectivity index (χ2v) is 10.4. The Bertz CT molecular complexity index is 1500. The van der Waals surface area contributed by atoms with Crippen molar-refractivity contribution < 1.29 is 34.7 Å². The number of aromatic amines is 1. The highest BCUT2D eigenvalue weighted by Crippen LogP contribution is 2.48. The van der Waals surface area contributed by atoms with Crippen molar-refractivity contribution in [1.82, 2.24) is 10.3 Å². The molecule has 2 fully saturated rings. The summed E-state index contributed by atoms with van der Waals surface area (Å²) >= 11 is 0. The number of benzene rings is 3. The van der Waals surface area contributed by atoms with Crippen molar-refractivity contribution in [2.75, 3.05) is 13.6 Å². The molecular formula is C28H30N2O7. The van der Waals surface area contributed by atoms with E-state index in [1.165, 1.54) is 0 Å².